The van der Waals surface area contributed by atoms with Gasteiger partial charge in [-0.15, -0.1) is 0 Å². The van der Waals surface area contributed by atoms with Crippen molar-refractivity contribution in [3.63, 3.8) is 0 Å². The van der Waals surface area contributed by atoms with E-state index in [1.807, 2.05) is 25.1 Å². The Bertz CT molecular complexity index is 531. The molecule has 18 heavy (non-hydrogen) atoms. The molecular formula is C14H13Cl2NO. The maximum absolute atomic E-state index is 10.3. The zero-order valence-electron chi connectivity index (χ0n) is 9.85. The van der Waals surface area contributed by atoms with Gasteiger partial charge in [0.2, 0.25) is 0 Å². The fraction of sp³-hybridized carbons (Fsp3) is 0.214. The van der Waals surface area contributed by atoms with Crippen molar-refractivity contribution in [2.75, 3.05) is 0 Å². The Kier molecular flexibility index (Phi) is 4.23. The van der Waals surface area contributed by atoms with Gasteiger partial charge in [-0.1, -0.05) is 42.3 Å². The molecule has 0 spiro atoms. The van der Waals surface area contributed by atoms with Crippen LogP contribution in [0, 0.1) is 0 Å². The van der Waals surface area contributed by atoms with Gasteiger partial charge in [0.1, 0.15) is 0 Å². The highest BCUT2D eigenvalue weighted by molar-refractivity contribution is 6.42. The number of hydrogen-bond acceptors (Lipinski definition) is 2. The van der Waals surface area contributed by atoms with Gasteiger partial charge in [-0.3, -0.25) is 4.98 Å². The van der Waals surface area contributed by atoms with Crippen molar-refractivity contribution in [1.29, 1.82) is 0 Å². The zero-order chi connectivity index (χ0) is 13.1. The molecule has 2 nitrogen and oxygen atoms in total. The molecule has 4 heteroatoms. The summed E-state index contributed by atoms with van der Waals surface area (Å²) >= 11 is 11.8. The summed E-state index contributed by atoms with van der Waals surface area (Å²) in [5.41, 5.74) is 1.58. The second kappa shape index (κ2) is 5.70. The number of nitrogens with zero attached hydrogens (tertiary/aromatic N) is 1. The number of hydrogen-bond donors (Lipinski definition) is 1. The van der Waals surface area contributed by atoms with Crippen LogP contribution in [-0.4, -0.2) is 10.1 Å². The Morgan fingerprint density at radius 3 is 2.50 bits per heavy atom. The molecule has 1 aromatic carbocycles. The van der Waals surface area contributed by atoms with E-state index in [0.29, 0.717) is 10.0 Å². The van der Waals surface area contributed by atoms with Crippen LogP contribution < -0.4 is 0 Å². The van der Waals surface area contributed by atoms with Gasteiger partial charge in [0, 0.05) is 17.8 Å². The maximum Gasteiger partial charge on any atom is 0.0871 e. The van der Waals surface area contributed by atoms with Crippen LogP contribution in [0.2, 0.25) is 10.0 Å². The third-order valence-electron chi connectivity index (χ3n) is 2.91. The molecule has 1 N–H and O–H groups in total. The molecule has 1 heterocycles. The smallest absolute Gasteiger partial charge is 0.0871 e. The summed E-state index contributed by atoms with van der Waals surface area (Å²) in [7, 11) is 0. The van der Waals surface area contributed by atoms with Crippen LogP contribution in [0.1, 0.15) is 30.2 Å². The SMILES string of the molecule is CC(c1ccccn1)C(O)c1ccc(Cl)c(Cl)c1. The molecule has 94 valence electrons. The molecule has 0 radical (unpaired) electrons. The molecule has 2 unspecified atom stereocenters. The van der Waals surface area contributed by atoms with Gasteiger partial charge in [-0.05, 0) is 29.8 Å². The van der Waals surface area contributed by atoms with Crippen molar-refractivity contribution in [2.45, 2.75) is 18.9 Å². The van der Waals surface area contributed by atoms with Crippen LogP contribution in [-0.2, 0) is 0 Å². The molecule has 0 saturated carbocycles. The normalized spacial score (nSPS) is 14.2. The summed E-state index contributed by atoms with van der Waals surface area (Å²) in [6.45, 7) is 1.93. The van der Waals surface area contributed by atoms with E-state index in [1.54, 1.807) is 24.4 Å². The second-order valence-electron chi connectivity index (χ2n) is 4.16. The summed E-state index contributed by atoms with van der Waals surface area (Å²) in [5, 5.41) is 11.2. The highest BCUT2D eigenvalue weighted by atomic mass is 35.5. The molecule has 2 atom stereocenters. The number of aromatic nitrogens is 1. The topological polar surface area (TPSA) is 33.1 Å². The molecule has 0 amide bonds. The molecular weight excluding hydrogens is 269 g/mol. The number of aliphatic hydroxyl groups excluding tert-OH is 1. The summed E-state index contributed by atoms with van der Waals surface area (Å²) in [4.78, 5) is 4.25. The van der Waals surface area contributed by atoms with Crippen LogP contribution in [0.4, 0.5) is 0 Å². The lowest BCUT2D eigenvalue weighted by atomic mass is 9.94. The van der Waals surface area contributed by atoms with Crippen molar-refractivity contribution in [3.8, 4) is 0 Å². The van der Waals surface area contributed by atoms with E-state index in [2.05, 4.69) is 4.98 Å². The standard InChI is InChI=1S/C14H13Cl2NO/c1-9(13-4-2-3-7-17-13)14(18)10-5-6-11(15)12(16)8-10/h2-9,14,18H,1H3. The zero-order valence-corrected chi connectivity index (χ0v) is 11.4. The monoisotopic (exact) mass is 281 g/mol. The summed E-state index contributed by atoms with van der Waals surface area (Å²) in [6.07, 6.45) is 1.06. The largest absolute Gasteiger partial charge is 0.388 e. The van der Waals surface area contributed by atoms with Gasteiger partial charge in [-0.2, -0.15) is 0 Å². The number of pyridine rings is 1. The van der Waals surface area contributed by atoms with Gasteiger partial charge in [0.15, 0.2) is 0 Å². The Hall–Kier alpha value is -1.09. The van der Waals surface area contributed by atoms with Crippen molar-refractivity contribution >= 4 is 23.2 Å². The second-order valence-corrected chi connectivity index (χ2v) is 4.98. The number of halogens is 2. The number of rotatable bonds is 3. The minimum Gasteiger partial charge on any atom is -0.388 e. The Morgan fingerprint density at radius 1 is 1.11 bits per heavy atom. The highest BCUT2D eigenvalue weighted by Gasteiger charge is 2.19. The first-order chi connectivity index (χ1) is 8.59. The van der Waals surface area contributed by atoms with Gasteiger partial charge >= 0.3 is 0 Å². The van der Waals surface area contributed by atoms with E-state index in [-0.39, 0.29) is 5.92 Å². The van der Waals surface area contributed by atoms with Crippen molar-refractivity contribution in [3.05, 3.63) is 63.9 Å². The average Bonchev–Trinajstić information content (AvgIpc) is 2.41. The van der Waals surface area contributed by atoms with E-state index < -0.39 is 6.10 Å². The molecule has 0 saturated heterocycles. The molecule has 0 aliphatic carbocycles. The Balaban J connectivity index is 2.25. The first-order valence-corrected chi connectivity index (χ1v) is 6.39. The fourth-order valence-corrected chi connectivity index (χ4v) is 2.10. The Labute approximate surface area is 116 Å². The number of aliphatic hydroxyl groups is 1. The van der Waals surface area contributed by atoms with E-state index in [0.717, 1.165) is 11.3 Å². The molecule has 2 rings (SSSR count). The minimum atomic E-state index is -0.658. The molecule has 0 fully saturated rings. The lowest BCUT2D eigenvalue weighted by molar-refractivity contribution is 0.150. The lowest BCUT2D eigenvalue weighted by Crippen LogP contribution is -2.09. The van der Waals surface area contributed by atoms with E-state index in [9.17, 15) is 5.11 Å². The minimum absolute atomic E-state index is 0.108. The molecule has 2 aromatic rings. The van der Waals surface area contributed by atoms with Crippen molar-refractivity contribution < 1.29 is 5.11 Å². The predicted octanol–water partition coefficient (Wildman–Crippen LogP) is 4.23. The molecule has 1 aromatic heterocycles. The quantitative estimate of drug-likeness (QED) is 0.914. The van der Waals surface area contributed by atoms with E-state index in [1.165, 1.54) is 0 Å². The van der Waals surface area contributed by atoms with E-state index in [4.69, 9.17) is 23.2 Å². The fourth-order valence-electron chi connectivity index (χ4n) is 1.79. The van der Waals surface area contributed by atoms with Gasteiger partial charge in [0.25, 0.3) is 0 Å². The van der Waals surface area contributed by atoms with Gasteiger partial charge in [-0.25, -0.2) is 0 Å². The summed E-state index contributed by atoms with van der Waals surface area (Å²) < 4.78 is 0. The van der Waals surface area contributed by atoms with Crippen LogP contribution >= 0.6 is 23.2 Å². The van der Waals surface area contributed by atoms with Gasteiger partial charge in [0.05, 0.1) is 16.1 Å². The molecule has 0 aliphatic rings. The van der Waals surface area contributed by atoms with Crippen LogP contribution in [0.15, 0.2) is 42.6 Å². The van der Waals surface area contributed by atoms with Crippen LogP contribution in [0.3, 0.4) is 0 Å². The third kappa shape index (κ3) is 2.83. The first kappa shape index (κ1) is 13.3. The Morgan fingerprint density at radius 2 is 1.89 bits per heavy atom. The molecule has 0 bridgehead atoms. The first-order valence-electron chi connectivity index (χ1n) is 5.63. The number of benzene rings is 1. The van der Waals surface area contributed by atoms with E-state index >= 15 is 0 Å². The highest BCUT2D eigenvalue weighted by Crippen LogP contribution is 2.32. The van der Waals surface area contributed by atoms with Crippen molar-refractivity contribution in [2.24, 2.45) is 0 Å². The average molecular weight is 282 g/mol. The summed E-state index contributed by atoms with van der Waals surface area (Å²) in [6, 6.07) is 10.8. The summed E-state index contributed by atoms with van der Waals surface area (Å²) in [5.74, 6) is -0.108. The maximum atomic E-state index is 10.3. The lowest BCUT2D eigenvalue weighted by Gasteiger charge is -2.19. The predicted molar refractivity (Wildman–Crippen MR) is 74.1 cm³/mol. The van der Waals surface area contributed by atoms with Crippen molar-refractivity contribution in [1.82, 2.24) is 4.98 Å². The van der Waals surface area contributed by atoms with Gasteiger partial charge < -0.3 is 5.11 Å². The third-order valence-corrected chi connectivity index (χ3v) is 3.65. The van der Waals surface area contributed by atoms with Crippen LogP contribution in [0.25, 0.3) is 0 Å². The molecule has 0 aliphatic heterocycles. The van der Waals surface area contributed by atoms with Crippen LogP contribution in [0.5, 0.6) is 0 Å².